The van der Waals surface area contributed by atoms with Crippen LogP contribution in [0, 0.1) is 0 Å². The summed E-state index contributed by atoms with van der Waals surface area (Å²) in [6.07, 6.45) is 1.69. The van der Waals surface area contributed by atoms with Crippen LogP contribution in [0.1, 0.15) is 31.2 Å². The maximum absolute atomic E-state index is 13.1. The Morgan fingerprint density at radius 2 is 1.87 bits per heavy atom. The quantitative estimate of drug-likeness (QED) is 0.908. The van der Waals surface area contributed by atoms with Gasteiger partial charge < -0.3 is 15.2 Å². The Bertz CT molecular complexity index is 671. The second-order valence-corrected chi connectivity index (χ2v) is 6.26. The summed E-state index contributed by atoms with van der Waals surface area (Å²) in [6, 6.07) is 0.678. The zero-order valence-electron chi connectivity index (χ0n) is 13.1. The van der Waals surface area contributed by atoms with E-state index in [9.17, 15) is 13.2 Å². The van der Waals surface area contributed by atoms with Crippen LogP contribution in [-0.4, -0.2) is 46.0 Å². The Balaban J connectivity index is 1.82. The maximum atomic E-state index is 13.1. The van der Waals surface area contributed by atoms with Gasteiger partial charge in [-0.05, 0) is 39.8 Å². The van der Waals surface area contributed by atoms with E-state index in [2.05, 4.69) is 39.3 Å². The highest BCUT2D eigenvalue weighted by Crippen LogP contribution is 2.37. The second-order valence-electron chi connectivity index (χ2n) is 6.26. The number of halogens is 3. The molecule has 1 aliphatic rings. The third-order valence-electron chi connectivity index (χ3n) is 4.54. The molecule has 0 saturated heterocycles. The minimum Gasteiger partial charge on any atom is -0.367 e. The van der Waals surface area contributed by atoms with E-state index in [-0.39, 0.29) is 22.9 Å². The topological polar surface area (TPSA) is 56.8 Å². The minimum absolute atomic E-state index is 0.0229. The molecule has 0 radical (unpaired) electrons. The van der Waals surface area contributed by atoms with Gasteiger partial charge in [0.25, 0.3) is 0 Å². The minimum atomic E-state index is -4.43. The number of aromatic amines is 1. The first-order chi connectivity index (χ1) is 10.9. The van der Waals surface area contributed by atoms with Gasteiger partial charge in [-0.3, -0.25) is 0 Å². The molecule has 0 atom stereocenters. The lowest BCUT2D eigenvalue weighted by molar-refractivity contribution is -0.136. The third-order valence-corrected chi connectivity index (χ3v) is 4.54. The summed E-state index contributed by atoms with van der Waals surface area (Å²) in [7, 11) is 4.11. The van der Waals surface area contributed by atoms with E-state index in [1.807, 2.05) is 0 Å². The number of hydrogen-bond donors (Lipinski definition) is 2. The molecule has 0 unspecified atom stereocenters. The number of fused-ring (bicyclic) bond motifs is 1. The SMILES string of the molecule is CN(C)C1CCC(Nc2ncnc3[nH]cc(C(F)(F)F)c23)CC1. The lowest BCUT2D eigenvalue weighted by Gasteiger charge is -2.33. The van der Waals surface area contributed by atoms with E-state index in [0.717, 1.165) is 31.9 Å². The Morgan fingerprint density at radius 1 is 1.17 bits per heavy atom. The van der Waals surface area contributed by atoms with Crippen LogP contribution in [0.4, 0.5) is 19.0 Å². The molecule has 8 heteroatoms. The molecule has 5 nitrogen and oxygen atoms in total. The van der Waals surface area contributed by atoms with Crippen molar-refractivity contribution in [1.29, 1.82) is 0 Å². The van der Waals surface area contributed by atoms with Gasteiger partial charge in [-0.25, -0.2) is 9.97 Å². The first-order valence-electron chi connectivity index (χ1n) is 7.68. The number of nitrogens with one attached hydrogen (secondary N) is 2. The summed E-state index contributed by atoms with van der Waals surface area (Å²) in [5, 5.41) is 3.22. The van der Waals surface area contributed by atoms with Gasteiger partial charge in [0, 0.05) is 18.3 Å². The fraction of sp³-hybridized carbons (Fsp3) is 0.600. The van der Waals surface area contributed by atoms with Gasteiger partial charge in [0.05, 0.1) is 10.9 Å². The van der Waals surface area contributed by atoms with Gasteiger partial charge in [-0.1, -0.05) is 0 Å². The second kappa shape index (κ2) is 5.99. The van der Waals surface area contributed by atoms with Crippen molar-refractivity contribution in [1.82, 2.24) is 19.9 Å². The van der Waals surface area contributed by atoms with Crippen molar-refractivity contribution >= 4 is 16.9 Å². The molecule has 0 amide bonds. The maximum Gasteiger partial charge on any atom is 0.418 e. The number of anilines is 1. The highest BCUT2D eigenvalue weighted by molar-refractivity contribution is 5.90. The normalized spacial score (nSPS) is 22.7. The van der Waals surface area contributed by atoms with E-state index in [4.69, 9.17) is 0 Å². The summed E-state index contributed by atoms with van der Waals surface area (Å²) in [5.74, 6) is 0.261. The molecule has 1 fully saturated rings. The summed E-state index contributed by atoms with van der Waals surface area (Å²) >= 11 is 0. The fourth-order valence-electron chi connectivity index (χ4n) is 3.23. The number of hydrogen-bond acceptors (Lipinski definition) is 4. The molecule has 1 saturated carbocycles. The van der Waals surface area contributed by atoms with E-state index in [1.54, 1.807) is 0 Å². The van der Waals surface area contributed by atoms with Crippen LogP contribution in [0.15, 0.2) is 12.5 Å². The number of alkyl halides is 3. The van der Waals surface area contributed by atoms with Crippen LogP contribution in [0.25, 0.3) is 11.0 Å². The monoisotopic (exact) mass is 327 g/mol. The Morgan fingerprint density at radius 3 is 2.48 bits per heavy atom. The van der Waals surface area contributed by atoms with E-state index >= 15 is 0 Å². The number of nitrogens with zero attached hydrogens (tertiary/aromatic N) is 3. The molecule has 0 aliphatic heterocycles. The van der Waals surface area contributed by atoms with Crippen molar-refractivity contribution in [2.75, 3.05) is 19.4 Å². The molecule has 2 N–H and O–H groups in total. The lowest BCUT2D eigenvalue weighted by Crippen LogP contribution is -2.36. The highest BCUT2D eigenvalue weighted by atomic mass is 19.4. The molecular formula is C15H20F3N5. The average molecular weight is 327 g/mol. The molecule has 2 aromatic heterocycles. The molecule has 0 spiro atoms. The molecule has 0 bridgehead atoms. The first-order valence-corrected chi connectivity index (χ1v) is 7.68. The number of rotatable bonds is 3. The predicted octanol–water partition coefficient (Wildman–Crippen LogP) is 3.26. The smallest absolute Gasteiger partial charge is 0.367 e. The van der Waals surface area contributed by atoms with Crippen molar-refractivity contribution in [2.45, 2.75) is 43.9 Å². The van der Waals surface area contributed by atoms with E-state index < -0.39 is 11.7 Å². The zero-order valence-corrected chi connectivity index (χ0v) is 13.1. The van der Waals surface area contributed by atoms with Gasteiger partial charge >= 0.3 is 6.18 Å². The molecule has 2 aromatic rings. The standard InChI is InChI=1S/C15H20F3N5/c1-23(2)10-5-3-9(4-6-10)22-14-12-11(15(16,17)18)7-19-13(12)20-8-21-14/h7-10H,3-6H2,1-2H3,(H2,19,20,21,22). The van der Waals surface area contributed by atoms with Gasteiger partial charge in [0.15, 0.2) is 0 Å². The van der Waals surface area contributed by atoms with Crippen LogP contribution >= 0.6 is 0 Å². The number of aromatic nitrogens is 3. The van der Waals surface area contributed by atoms with Gasteiger partial charge in [0.2, 0.25) is 0 Å². The molecule has 126 valence electrons. The molecule has 23 heavy (non-hydrogen) atoms. The molecule has 3 rings (SSSR count). The zero-order chi connectivity index (χ0) is 16.6. The molecular weight excluding hydrogens is 307 g/mol. The largest absolute Gasteiger partial charge is 0.418 e. The van der Waals surface area contributed by atoms with Crippen LogP contribution in [-0.2, 0) is 6.18 Å². The number of H-pyrrole nitrogens is 1. The van der Waals surface area contributed by atoms with Crippen LogP contribution in [0.3, 0.4) is 0 Å². The van der Waals surface area contributed by atoms with Gasteiger partial charge in [-0.2, -0.15) is 13.2 Å². The van der Waals surface area contributed by atoms with E-state index in [1.165, 1.54) is 6.33 Å². The summed E-state index contributed by atoms with van der Waals surface area (Å²) in [4.78, 5) is 12.7. The van der Waals surface area contributed by atoms with Crippen LogP contribution in [0.2, 0.25) is 0 Å². The predicted molar refractivity (Wildman–Crippen MR) is 82.2 cm³/mol. The summed E-state index contributed by atoms with van der Waals surface area (Å²) in [5.41, 5.74) is -0.519. The van der Waals surface area contributed by atoms with Crippen molar-refractivity contribution < 1.29 is 13.2 Å². The summed E-state index contributed by atoms with van der Waals surface area (Å²) < 4.78 is 39.4. The van der Waals surface area contributed by atoms with Crippen molar-refractivity contribution in [2.24, 2.45) is 0 Å². The molecule has 0 aromatic carbocycles. The van der Waals surface area contributed by atoms with Crippen molar-refractivity contribution in [3.05, 3.63) is 18.1 Å². The van der Waals surface area contributed by atoms with Crippen LogP contribution < -0.4 is 5.32 Å². The average Bonchev–Trinajstić information content (AvgIpc) is 2.93. The Labute approximate surface area is 132 Å². The van der Waals surface area contributed by atoms with Crippen LogP contribution in [0.5, 0.6) is 0 Å². The lowest BCUT2D eigenvalue weighted by atomic mass is 9.90. The Kier molecular flexibility index (Phi) is 4.18. The van der Waals surface area contributed by atoms with Crippen molar-refractivity contribution in [3.8, 4) is 0 Å². The first kappa shape index (κ1) is 16.0. The Hall–Kier alpha value is -1.83. The van der Waals surface area contributed by atoms with Crippen molar-refractivity contribution in [3.63, 3.8) is 0 Å². The van der Waals surface area contributed by atoms with Gasteiger partial charge in [-0.15, -0.1) is 0 Å². The molecule has 2 heterocycles. The van der Waals surface area contributed by atoms with Gasteiger partial charge in [0.1, 0.15) is 17.8 Å². The fourth-order valence-corrected chi connectivity index (χ4v) is 3.23. The van der Waals surface area contributed by atoms with E-state index in [0.29, 0.717) is 6.04 Å². The highest BCUT2D eigenvalue weighted by Gasteiger charge is 2.35. The molecule has 1 aliphatic carbocycles. The summed E-state index contributed by atoms with van der Waals surface area (Å²) in [6.45, 7) is 0. The third kappa shape index (κ3) is 3.26.